The van der Waals surface area contributed by atoms with Crippen molar-refractivity contribution in [3.05, 3.63) is 12.2 Å². The molecule has 0 bridgehead atoms. The first-order valence-corrected chi connectivity index (χ1v) is 16.8. The van der Waals surface area contributed by atoms with Gasteiger partial charge in [0.05, 0.1) is 0 Å². The van der Waals surface area contributed by atoms with Gasteiger partial charge in [-0.1, -0.05) is 145 Å². The molecule has 0 aromatic rings. The molecule has 34 heavy (non-hydrogen) atoms. The Bertz CT molecular complexity index is 364. The molecule has 0 radical (unpaired) electrons. The summed E-state index contributed by atoms with van der Waals surface area (Å²) in [4.78, 5) is 0. The maximum atomic E-state index is 6.19. The maximum absolute atomic E-state index is 6.19. The largest absolute Gasteiger partial charge is 0.353 e. The Hall–Kier alpha value is 0.390. The highest BCUT2D eigenvalue weighted by molar-refractivity contribution is 14.1. The highest BCUT2D eigenvalue weighted by Crippen LogP contribution is 2.14. The summed E-state index contributed by atoms with van der Waals surface area (Å²) in [6.07, 6.45) is 35.0. The summed E-state index contributed by atoms with van der Waals surface area (Å²) < 4.78 is 13.7. The van der Waals surface area contributed by atoms with Crippen molar-refractivity contribution >= 4 is 22.6 Å². The second kappa shape index (κ2) is 31.4. The highest BCUT2D eigenvalue weighted by atomic mass is 127. The molecule has 0 saturated carbocycles. The minimum absolute atomic E-state index is 0.0216. The average molecular weight is 593 g/mol. The van der Waals surface area contributed by atoms with Crippen LogP contribution in [0.2, 0.25) is 0 Å². The average Bonchev–Trinajstić information content (AvgIpc) is 2.85. The second-order valence-electron chi connectivity index (χ2n) is 10.1. The van der Waals surface area contributed by atoms with E-state index < -0.39 is 0 Å². The molecule has 0 fully saturated rings. The topological polar surface area (TPSA) is 18.5 Å². The van der Waals surface area contributed by atoms with Crippen molar-refractivity contribution < 1.29 is 9.47 Å². The number of allylic oxidation sites excluding steroid dienone is 2. The molecule has 0 aliphatic rings. The monoisotopic (exact) mass is 592 g/mol. The molecule has 0 aromatic heterocycles. The lowest BCUT2D eigenvalue weighted by molar-refractivity contribution is -0.148. The summed E-state index contributed by atoms with van der Waals surface area (Å²) in [5.41, 5.74) is 0. The van der Waals surface area contributed by atoms with Gasteiger partial charge in [-0.25, -0.2) is 0 Å². The van der Waals surface area contributed by atoms with Gasteiger partial charge in [0.15, 0.2) is 6.29 Å². The number of ether oxygens (including phenoxy) is 2. The first kappa shape index (κ1) is 34.4. The molecule has 0 saturated heterocycles. The van der Waals surface area contributed by atoms with Crippen LogP contribution in [-0.4, -0.2) is 23.9 Å². The molecular weight excluding hydrogens is 531 g/mol. The lowest BCUT2D eigenvalue weighted by Crippen LogP contribution is -2.19. The van der Waals surface area contributed by atoms with Gasteiger partial charge in [-0.2, -0.15) is 0 Å². The molecule has 3 heteroatoms. The van der Waals surface area contributed by atoms with Crippen LogP contribution in [0.1, 0.15) is 162 Å². The Balaban J connectivity index is 3.90. The fourth-order valence-corrected chi connectivity index (χ4v) is 4.74. The van der Waals surface area contributed by atoms with E-state index in [1.165, 1.54) is 146 Å². The van der Waals surface area contributed by atoms with Crippen molar-refractivity contribution in [3.8, 4) is 0 Å². The number of unbranched alkanes of at least 4 members (excludes halogenated alkanes) is 18. The normalized spacial score (nSPS) is 11.9. The molecule has 2 nitrogen and oxygen atoms in total. The zero-order valence-corrected chi connectivity index (χ0v) is 25.5. The quantitative estimate of drug-likeness (QED) is 0.0283. The predicted molar refractivity (Wildman–Crippen MR) is 161 cm³/mol. The van der Waals surface area contributed by atoms with Gasteiger partial charge in [-0.3, -0.25) is 0 Å². The van der Waals surface area contributed by atoms with Crippen LogP contribution in [0, 0.1) is 0 Å². The van der Waals surface area contributed by atoms with Gasteiger partial charge in [0.25, 0.3) is 0 Å². The van der Waals surface area contributed by atoms with Crippen molar-refractivity contribution in [2.24, 2.45) is 0 Å². The van der Waals surface area contributed by atoms with Crippen LogP contribution in [-0.2, 0) is 9.47 Å². The smallest absolute Gasteiger partial charge is 0.157 e. The molecule has 0 unspecified atom stereocenters. The van der Waals surface area contributed by atoms with Gasteiger partial charge in [0, 0.05) is 13.2 Å². The molecule has 0 amide bonds. The SMILES string of the molecule is CCCCCCCCCCOC(CCCCC/C=C/CCCI)OCCCCCCCCCC. The van der Waals surface area contributed by atoms with E-state index in [9.17, 15) is 0 Å². The predicted octanol–water partition coefficient (Wildman–Crippen LogP) is 11.3. The zero-order chi connectivity index (χ0) is 24.8. The Morgan fingerprint density at radius 3 is 1.38 bits per heavy atom. The molecule has 0 aliphatic carbocycles. The van der Waals surface area contributed by atoms with Crippen molar-refractivity contribution in [1.29, 1.82) is 0 Å². The third kappa shape index (κ3) is 28.6. The summed E-state index contributed by atoms with van der Waals surface area (Å²) >= 11 is 2.46. The summed E-state index contributed by atoms with van der Waals surface area (Å²) in [5.74, 6) is 0. The van der Waals surface area contributed by atoms with Crippen molar-refractivity contribution in [2.45, 2.75) is 168 Å². The zero-order valence-electron chi connectivity index (χ0n) is 23.3. The number of rotatable bonds is 29. The van der Waals surface area contributed by atoms with E-state index >= 15 is 0 Å². The highest BCUT2D eigenvalue weighted by Gasteiger charge is 2.09. The van der Waals surface area contributed by atoms with Gasteiger partial charge in [0.1, 0.15) is 0 Å². The third-order valence-electron chi connectivity index (χ3n) is 6.58. The second-order valence-corrected chi connectivity index (χ2v) is 11.1. The molecular formula is C31H61IO2. The summed E-state index contributed by atoms with van der Waals surface area (Å²) in [5, 5.41) is 0. The molecule has 0 heterocycles. The van der Waals surface area contributed by atoms with E-state index in [0.717, 1.165) is 19.6 Å². The first-order chi connectivity index (χ1) is 16.8. The maximum Gasteiger partial charge on any atom is 0.157 e. The van der Waals surface area contributed by atoms with Crippen molar-refractivity contribution in [1.82, 2.24) is 0 Å². The number of alkyl halides is 1. The van der Waals surface area contributed by atoms with Crippen molar-refractivity contribution in [2.75, 3.05) is 17.6 Å². The minimum Gasteiger partial charge on any atom is -0.353 e. The summed E-state index contributed by atoms with van der Waals surface area (Å²) in [6, 6.07) is 0. The van der Waals surface area contributed by atoms with E-state index in [1.54, 1.807) is 0 Å². The van der Waals surface area contributed by atoms with E-state index in [-0.39, 0.29) is 6.29 Å². The Morgan fingerprint density at radius 2 is 0.912 bits per heavy atom. The van der Waals surface area contributed by atoms with Crippen LogP contribution >= 0.6 is 22.6 Å². The Kier molecular flexibility index (Phi) is 31.8. The van der Waals surface area contributed by atoms with Crippen molar-refractivity contribution in [3.63, 3.8) is 0 Å². The standard InChI is InChI=1S/C31H61IO2/c1-3-5-7-9-11-17-21-25-29-33-31(27-23-19-15-13-14-16-20-24-28-32)34-30-26-22-18-12-10-8-6-4-2/h14,16,31H,3-13,15,17-30H2,1-2H3/b16-14+. The number of halogens is 1. The summed E-state index contributed by atoms with van der Waals surface area (Å²) in [6.45, 7) is 6.32. The first-order valence-electron chi connectivity index (χ1n) is 15.3. The molecule has 0 spiro atoms. The van der Waals surface area contributed by atoms with Crippen LogP contribution in [0.3, 0.4) is 0 Å². The fraction of sp³-hybridized carbons (Fsp3) is 0.935. The van der Waals surface area contributed by atoms with Crippen LogP contribution in [0.25, 0.3) is 0 Å². The number of hydrogen-bond acceptors (Lipinski definition) is 2. The van der Waals surface area contributed by atoms with E-state index in [4.69, 9.17) is 9.47 Å². The molecule has 0 atom stereocenters. The molecule has 0 aliphatic heterocycles. The van der Waals surface area contributed by atoms with E-state index in [2.05, 4.69) is 48.6 Å². The van der Waals surface area contributed by atoms with E-state index in [1.807, 2.05) is 0 Å². The molecule has 0 N–H and O–H groups in total. The van der Waals surface area contributed by atoms with Gasteiger partial charge in [-0.15, -0.1) is 0 Å². The molecule has 204 valence electrons. The minimum atomic E-state index is 0.0216. The fourth-order valence-electron chi connectivity index (χ4n) is 4.30. The van der Waals surface area contributed by atoms with Gasteiger partial charge < -0.3 is 9.47 Å². The third-order valence-corrected chi connectivity index (χ3v) is 7.35. The van der Waals surface area contributed by atoms with Crippen LogP contribution < -0.4 is 0 Å². The number of hydrogen-bond donors (Lipinski definition) is 0. The van der Waals surface area contributed by atoms with Gasteiger partial charge >= 0.3 is 0 Å². The van der Waals surface area contributed by atoms with Crippen LogP contribution in [0.15, 0.2) is 12.2 Å². The Labute approximate surface area is 228 Å². The molecule has 0 aromatic carbocycles. The van der Waals surface area contributed by atoms with E-state index in [0.29, 0.717) is 0 Å². The lowest BCUT2D eigenvalue weighted by Gasteiger charge is -2.19. The Morgan fingerprint density at radius 1 is 0.500 bits per heavy atom. The van der Waals surface area contributed by atoms with Crippen LogP contribution in [0.4, 0.5) is 0 Å². The van der Waals surface area contributed by atoms with Crippen LogP contribution in [0.5, 0.6) is 0 Å². The molecule has 0 rings (SSSR count). The summed E-state index contributed by atoms with van der Waals surface area (Å²) in [7, 11) is 0. The lowest BCUT2D eigenvalue weighted by atomic mass is 10.1. The van der Waals surface area contributed by atoms with Gasteiger partial charge in [0.2, 0.25) is 0 Å². The van der Waals surface area contributed by atoms with Gasteiger partial charge in [-0.05, 0) is 55.8 Å².